The molecule has 0 aromatic carbocycles. The van der Waals surface area contributed by atoms with Gasteiger partial charge in [-0.05, 0) is 32.6 Å². The highest BCUT2D eigenvalue weighted by Gasteiger charge is 2.52. The van der Waals surface area contributed by atoms with Gasteiger partial charge < -0.3 is 15.4 Å². The van der Waals surface area contributed by atoms with E-state index < -0.39 is 0 Å². The van der Waals surface area contributed by atoms with Crippen LogP contribution in [0.3, 0.4) is 0 Å². The van der Waals surface area contributed by atoms with Gasteiger partial charge >= 0.3 is 0 Å². The minimum absolute atomic E-state index is 0.0293. The number of H-pyrrole nitrogens is 2. The number of anilines is 1. The van der Waals surface area contributed by atoms with E-state index in [2.05, 4.69) is 30.3 Å². The quantitative estimate of drug-likeness (QED) is 0.559. The summed E-state index contributed by atoms with van der Waals surface area (Å²) in [6.07, 6.45) is 3.77. The average molecular weight is 429 g/mol. The molecular formula is C19H24N8O2S. The van der Waals surface area contributed by atoms with E-state index in [0.29, 0.717) is 23.6 Å². The number of rotatable bonds is 3. The molecule has 2 aliphatic heterocycles. The van der Waals surface area contributed by atoms with Gasteiger partial charge in [0.1, 0.15) is 15.9 Å². The standard InChI is InChI=1S/C19H24N8O2S/c1-10-12(20)18(8-29-10)4-6-27(7-5-18)17-22-14-11(15(28)23-17)13(24-25-14)19(2-3-19)16-26-21-9-30-16/h9-10,12H,2-8,20H2,1H3,(H2,22,23,24,25,28)/t10-,12+/m0/s1. The molecule has 11 heteroatoms. The fourth-order valence-corrected chi connectivity index (χ4v) is 5.93. The normalized spacial score (nSPS) is 27.2. The monoisotopic (exact) mass is 428 g/mol. The molecule has 158 valence electrons. The van der Waals surface area contributed by atoms with Crippen molar-refractivity contribution in [2.75, 3.05) is 24.6 Å². The predicted octanol–water partition coefficient (Wildman–Crippen LogP) is 0.910. The maximum atomic E-state index is 13.1. The van der Waals surface area contributed by atoms with E-state index in [1.165, 1.54) is 11.3 Å². The Morgan fingerprint density at radius 2 is 2.10 bits per heavy atom. The van der Waals surface area contributed by atoms with Crippen LogP contribution < -0.4 is 16.2 Å². The van der Waals surface area contributed by atoms with E-state index in [-0.39, 0.29) is 28.5 Å². The first kappa shape index (κ1) is 18.4. The van der Waals surface area contributed by atoms with Gasteiger partial charge in [0.25, 0.3) is 5.56 Å². The van der Waals surface area contributed by atoms with Crippen LogP contribution in [0.15, 0.2) is 10.3 Å². The number of fused-ring (bicyclic) bond motifs is 1. The average Bonchev–Trinajstić information content (AvgIpc) is 3.09. The van der Waals surface area contributed by atoms with Crippen molar-refractivity contribution in [3.05, 3.63) is 26.6 Å². The topological polar surface area (TPSA) is 139 Å². The third kappa shape index (κ3) is 2.51. The van der Waals surface area contributed by atoms with Crippen molar-refractivity contribution in [2.24, 2.45) is 11.1 Å². The number of ether oxygens (including phenoxy) is 1. The summed E-state index contributed by atoms with van der Waals surface area (Å²) >= 11 is 1.50. The molecule has 6 rings (SSSR count). The number of aromatic amines is 2. The minimum Gasteiger partial charge on any atom is -0.376 e. The van der Waals surface area contributed by atoms with Crippen LogP contribution in [0.1, 0.15) is 43.3 Å². The molecule has 3 aromatic rings. The van der Waals surface area contributed by atoms with Gasteiger partial charge in [-0.2, -0.15) is 10.1 Å². The smallest absolute Gasteiger partial charge is 0.263 e. The summed E-state index contributed by atoms with van der Waals surface area (Å²) in [5.74, 6) is 0.582. The zero-order valence-corrected chi connectivity index (χ0v) is 17.5. The number of nitrogens with zero attached hydrogens (tertiary/aromatic N) is 5. The van der Waals surface area contributed by atoms with Gasteiger partial charge in [0, 0.05) is 24.5 Å². The Hall–Kier alpha value is -2.37. The lowest BCUT2D eigenvalue weighted by atomic mass is 9.73. The van der Waals surface area contributed by atoms with Gasteiger partial charge in [0.2, 0.25) is 5.95 Å². The minimum atomic E-state index is -0.303. The van der Waals surface area contributed by atoms with Crippen molar-refractivity contribution in [1.82, 2.24) is 30.4 Å². The van der Waals surface area contributed by atoms with Crippen molar-refractivity contribution in [1.29, 1.82) is 0 Å². The molecule has 3 fully saturated rings. The Bertz CT molecular complexity index is 1140. The Morgan fingerprint density at radius 3 is 2.73 bits per heavy atom. The first-order valence-electron chi connectivity index (χ1n) is 10.4. The maximum Gasteiger partial charge on any atom is 0.263 e. The van der Waals surface area contributed by atoms with Crippen LogP contribution in [0.25, 0.3) is 11.0 Å². The Balaban J connectivity index is 1.30. The van der Waals surface area contributed by atoms with Crippen molar-refractivity contribution < 1.29 is 4.74 Å². The van der Waals surface area contributed by atoms with E-state index in [9.17, 15) is 4.79 Å². The molecule has 0 bridgehead atoms. The molecule has 1 saturated carbocycles. The van der Waals surface area contributed by atoms with Gasteiger partial charge in [-0.25, -0.2) is 0 Å². The summed E-state index contributed by atoms with van der Waals surface area (Å²) in [5.41, 5.74) is 8.96. The predicted molar refractivity (Wildman–Crippen MR) is 112 cm³/mol. The molecule has 30 heavy (non-hydrogen) atoms. The molecule has 0 amide bonds. The molecule has 2 atom stereocenters. The van der Waals surface area contributed by atoms with E-state index in [4.69, 9.17) is 15.5 Å². The van der Waals surface area contributed by atoms with Crippen LogP contribution in [0, 0.1) is 5.41 Å². The van der Waals surface area contributed by atoms with Crippen LogP contribution in [0.4, 0.5) is 5.95 Å². The van der Waals surface area contributed by atoms with Crippen LogP contribution in [0.2, 0.25) is 0 Å². The van der Waals surface area contributed by atoms with Crippen LogP contribution in [0.5, 0.6) is 0 Å². The summed E-state index contributed by atoms with van der Waals surface area (Å²) in [4.78, 5) is 22.9. The summed E-state index contributed by atoms with van der Waals surface area (Å²) in [6, 6.07) is 0.0550. The largest absolute Gasteiger partial charge is 0.376 e. The SMILES string of the molecule is C[C@@H]1OCC2(CCN(c3nc4[nH]nc(C5(c6nncs6)CC5)c4c(=O)[nH]3)CC2)[C@@H]1N. The fraction of sp³-hybridized carbons (Fsp3) is 0.632. The summed E-state index contributed by atoms with van der Waals surface area (Å²) < 4.78 is 5.81. The molecule has 2 saturated heterocycles. The van der Waals surface area contributed by atoms with Crippen molar-refractivity contribution in [2.45, 2.75) is 50.2 Å². The lowest BCUT2D eigenvalue weighted by Gasteiger charge is -2.41. The van der Waals surface area contributed by atoms with Gasteiger partial charge in [-0.1, -0.05) is 0 Å². The molecule has 3 aromatic heterocycles. The summed E-state index contributed by atoms with van der Waals surface area (Å²) in [7, 11) is 0. The highest BCUT2D eigenvalue weighted by atomic mass is 32.1. The maximum absolute atomic E-state index is 13.1. The number of piperidine rings is 1. The molecule has 0 unspecified atom stereocenters. The van der Waals surface area contributed by atoms with Crippen molar-refractivity contribution in [3.63, 3.8) is 0 Å². The molecule has 4 N–H and O–H groups in total. The van der Waals surface area contributed by atoms with E-state index in [1.54, 1.807) is 5.51 Å². The second kappa shape index (κ2) is 6.32. The molecule has 3 aliphatic rings. The van der Waals surface area contributed by atoms with Crippen LogP contribution >= 0.6 is 11.3 Å². The number of aromatic nitrogens is 6. The van der Waals surface area contributed by atoms with Crippen molar-refractivity contribution >= 4 is 28.3 Å². The second-order valence-corrected chi connectivity index (χ2v) is 9.74. The van der Waals surface area contributed by atoms with Gasteiger partial charge in [0.15, 0.2) is 5.65 Å². The highest BCUT2D eigenvalue weighted by molar-refractivity contribution is 7.09. The molecule has 1 spiro atoms. The molecule has 5 heterocycles. The number of nitrogens with one attached hydrogen (secondary N) is 2. The zero-order valence-electron chi connectivity index (χ0n) is 16.7. The summed E-state index contributed by atoms with van der Waals surface area (Å²) in [6.45, 7) is 4.33. The second-order valence-electron chi connectivity index (χ2n) is 8.90. The van der Waals surface area contributed by atoms with Gasteiger partial charge in [-0.3, -0.25) is 14.9 Å². The van der Waals surface area contributed by atoms with E-state index >= 15 is 0 Å². The van der Waals surface area contributed by atoms with Crippen LogP contribution in [-0.2, 0) is 10.2 Å². The Morgan fingerprint density at radius 1 is 1.30 bits per heavy atom. The first-order valence-corrected chi connectivity index (χ1v) is 11.3. The van der Waals surface area contributed by atoms with E-state index in [1.807, 2.05) is 6.92 Å². The fourth-order valence-electron chi connectivity index (χ4n) is 5.12. The number of nitrogens with two attached hydrogens (primary N) is 1. The molecule has 10 nitrogen and oxygen atoms in total. The third-order valence-corrected chi connectivity index (χ3v) is 8.19. The Kier molecular flexibility index (Phi) is 3.87. The van der Waals surface area contributed by atoms with E-state index in [0.717, 1.165) is 49.5 Å². The molecular weight excluding hydrogens is 404 g/mol. The molecule has 0 radical (unpaired) electrons. The van der Waals surface area contributed by atoms with Gasteiger partial charge in [0.05, 0.1) is 23.8 Å². The highest BCUT2D eigenvalue weighted by Crippen LogP contribution is 2.54. The van der Waals surface area contributed by atoms with Crippen molar-refractivity contribution in [3.8, 4) is 0 Å². The third-order valence-electron chi connectivity index (χ3n) is 7.30. The summed E-state index contributed by atoms with van der Waals surface area (Å²) in [5, 5.41) is 17.1. The van der Waals surface area contributed by atoms with Gasteiger partial charge in [-0.15, -0.1) is 21.5 Å². The zero-order chi connectivity index (χ0) is 20.5. The number of hydrogen-bond acceptors (Lipinski definition) is 9. The van der Waals surface area contributed by atoms with Crippen LogP contribution in [-0.4, -0.2) is 62.2 Å². The molecule has 1 aliphatic carbocycles. The lowest BCUT2D eigenvalue weighted by Crippen LogP contribution is -2.51. The lowest BCUT2D eigenvalue weighted by molar-refractivity contribution is 0.0973. The number of hydrogen-bond donors (Lipinski definition) is 3. The Labute approximate surface area is 176 Å². The first-order chi connectivity index (χ1) is 14.5.